The van der Waals surface area contributed by atoms with Crippen molar-refractivity contribution < 1.29 is 19.0 Å². The molecule has 1 aromatic carbocycles. The van der Waals surface area contributed by atoms with Gasteiger partial charge in [0.2, 0.25) is 0 Å². The highest BCUT2D eigenvalue weighted by Crippen LogP contribution is 2.22. The quantitative estimate of drug-likeness (QED) is 0.619. The van der Waals surface area contributed by atoms with Crippen LogP contribution in [0.3, 0.4) is 0 Å². The van der Waals surface area contributed by atoms with E-state index in [0.717, 1.165) is 0 Å². The number of anilines is 1. The van der Waals surface area contributed by atoms with Crippen molar-refractivity contribution in [3.05, 3.63) is 23.8 Å². The van der Waals surface area contributed by atoms with E-state index in [1.54, 1.807) is 25.3 Å². The molecule has 2 N–H and O–H groups in total. The van der Waals surface area contributed by atoms with Crippen molar-refractivity contribution in [1.82, 2.24) is 0 Å². The molecular weight excluding hydrogens is 234 g/mol. The molecule has 1 aromatic rings. The van der Waals surface area contributed by atoms with Gasteiger partial charge in [0.15, 0.2) is 0 Å². The van der Waals surface area contributed by atoms with Crippen LogP contribution in [0.2, 0.25) is 0 Å². The van der Waals surface area contributed by atoms with Crippen LogP contribution in [0.5, 0.6) is 5.75 Å². The van der Waals surface area contributed by atoms with Crippen LogP contribution >= 0.6 is 0 Å². The van der Waals surface area contributed by atoms with E-state index in [0.29, 0.717) is 30.0 Å². The Morgan fingerprint density at radius 1 is 1.39 bits per heavy atom. The van der Waals surface area contributed by atoms with Crippen LogP contribution in [0.25, 0.3) is 0 Å². The zero-order valence-corrected chi connectivity index (χ0v) is 10.9. The van der Waals surface area contributed by atoms with Gasteiger partial charge in [-0.25, -0.2) is 4.79 Å². The van der Waals surface area contributed by atoms with Gasteiger partial charge >= 0.3 is 5.97 Å². The van der Waals surface area contributed by atoms with Crippen LogP contribution < -0.4 is 10.5 Å². The lowest BCUT2D eigenvalue weighted by atomic mass is 10.2. The van der Waals surface area contributed by atoms with Gasteiger partial charge in [0.25, 0.3) is 0 Å². The van der Waals surface area contributed by atoms with Crippen LogP contribution in [0.1, 0.15) is 23.7 Å². The number of ether oxygens (including phenoxy) is 3. The number of rotatable bonds is 6. The third-order valence-electron chi connectivity index (χ3n) is 2.50. The summed E-state index contributed by atoms with van der Waals surface area (Å²) in [5.41, 5.74) is 6.56. The molecule has 0 bridgehead atoms. The highest BCUT2D eigenvalue weighted by atomic mass is 16.5. The molecule has 0 saturated heterocycles. The molecule has 0 aliphatic rings. The van der Waals surface area contributed by atoms with Crippen molar-refractivity contribution in [2.45, 2.75) is 19.4 Å². The maximum absolute atomic E-state index is 11.8. The van der Waals surface area contributed by atoms with Crippen molar-refractivity contribution in [2.75, 3.05) is 26.6 Å². The van der Waals surface area contributed by atoms with E-state index in [1.165, 1.54) is 7.11 Å². The molecule has 5 nitrogen and oxygen atoms in total. The molecule has 0 amide bonds. The van der Waals surface area contributed by atoms with Gasteiger partial charge in [-0.15, -0.1) is 0 Å². The molecule has 100 valence electrons. The maximum atomic E-state index is 11.8. The third-order valence-corrected chi connectivity index (χ3v) is 2.50. The summed E-state index contributed by atoms with van der Waals surface area (Å²) in [6.45, 7) is 2.38. The van der Waals surface area contributed by atoms with Gasteiger partial charge in [-0.05, 0) is 25.1 Å². The molecule has 1 rings (SSSR count). The van der Waals surface area contributed by atoms with Crippen molar-refractivity contribution >= 4 is 11.7 Å². The SMILES string of the molecule is COCCC(C)OC(=O)c1ccc(OC)c(N)c1. The summed E-state index contributed by atoms with van der Waals surface area (Å²) in [4.78, 5) is 11.8. The average molecular weight is 253 g/mol. The van der Waals surface area contributed by atoms with Crippen LogP contribution in [0.15, 0.2) is 18.2 Å². The monoisotopic (exact) mass is 253 g/mol. The molecule has 0 aliphatic heterocycles. The summed E-state index contributed by atoms with van der Waals surface area (Å²) in [7, 11) is 3.13. The van der Waals surface area contributed by atoms with E-state index in [4.69, 9.17) is 19.9 Å². The Kier molecular flexibility index (Phi) is 5.45. The molecule has 0 aromatic heterocycles. The largest absolute Gasteiger partial charge is 0.495 e. The van der Waals surface area contributed by atoms with Gasteiger partial charge in [0, 0.05) is 20.1 Å². The lowest BCUT2D eigenvalue weighted by Crippen LogP contribution is -2.17. The van der Waals surface area contributed by atoms with Gasteiger partial charge < -0.3 is 19.9 Å². The third kappa shape index (κ3) is 3.92. The Bertz CT molecular complexity index is 406. The van der Waals surface area contributed by atoms with Gasteiger partial charge in [0.05, 0.1) is 18.4 Å². The Balaban J connectivity index is 2.64. The fraction of sp³-hybridized carbons (Fsp3) is 0.462. The minimum atomic E-state index is -0.395. The smallest absolute Gasteiger partial charge is 0.338 e. The molecule has 0 heterocycles. The second-order valence-corrected chi connectivity index (χ2v) is 3.95. The van der Waals surface area contributed by atoms with Crippen molar-refractivity contribution in [2.24, 2.45) is 0 Å². The van der Waals surface area contributed by atoms with Crippen LogP contribution in [0, 0.1) is 0 Å². The van der Waals surface area contributed by atoms with E-state index in [9.17, 15) is 4.79 Å². The van der Waals surface area contributed by atoms with E-state index >= 15 is 0 Å². The fourth-order valence-electron chi connectivity index (χ4n) is 1.45. The van der Waals surface area contributed by atoms with Gasteiger partial charge in [0.1, 0.15) is 11.9 Å². The molecule has 0 fully saturated rings. The van der Waals surface area contributed by atoms with E-state index < -0.39 is 5.97 Å². The van der Waals surface area contributed by atoms with Crippen LogP contribution in [-0.4, -0.2) is 32.9 Å². The molecule has 0 saturated carbocycles. The van der Waals surface area contributed by atoms with Crippen molar-refractivity contribution in [3.63, 3.8) is 0 Å². The molecule has 18 heavy (non-hydrogen) atoms. The Hall–Kier alpha value is -1.75. The van der Waals surface area contributed by atoms with E-state index in [-0.39, 0.29) is 6.10 Å². The van der Waals surface area contributed by atoms with Crippen LogP contribution in [0.4, 0.5) is 5.69 Å². The zero-order valence-electron chi connectivity index (χ0n) is 10.9. The zero-order chi connectivity index (χ0) is 13.5. The second kappa shape index (κ2) is 6.86. The predicted octanol–water partition coefficient (Wildman–Crippen LogP) is 1.86. The number of esters is 1. The first-order valence-corrected chi connectivity index (χ1v) is 5.72. The molecular formula is C13H19NO4. The lowest BCUT2D eigenvalue weighted by Gasteiger charge is -2.13. The minimum absolute atomic E-state index is 0.194. The number of carbonyl (C=O) groups is 1. The number of nitrogen functional groups attached to an aromatic ring is 1. The minimum Gasteiger partial charge on any atom is -0.495 e. The summed E-state index contributed by atoms with van der Waals surface area (Å²) in [6, 6.07) is 4.82. The Labute approximate surface area is 107 Å². The van der Waals surface area contributed by atoms with Crippen molar-refractivity contribution in [3.8, 4) is 5.75 Å². The first-order valence-electron chi connectivity index (χ1n) is 5.72. The van der Waals surface area contributed by atoms with Gasteiger partial charge in [-0.1, -0.05) is 0 Å². The summed E-state index contributed by atoms with van der Waals surface area (Å²) >= 11 is 0. The highest BCUT2D eigenvalue weighted by molar-refractivity contribution is 5.91. The maximum Gasteiger partial charge on any atom is 0.338 e. The summed E-state index contributed by atoms with van der Waals surface area (Å²) < 4.78 is 15.2. The second-order valence-electron chi connectivity index (χ2n) is 3.95. The van der Waals surface area contributed by atoms with Crippen LogP contribution in [-0.2, 0) is 9.47 Å². The van der Waals surface area contributed by atoms with Gasteiger partial charge in [-0.3, -0.25) is 0 Å². The topological polar surface area (TPSA) is 70.8 Å². The molecule has 0 spiro atoms. The van der Waals surface area contributed by atoms with Crippen molar-refractivity contribution in [1.29, 1.82) is 0 Å². The number of benzene rings is 1. The number of carbonyl (C=O) groups excluding carboxylic acids is 1. The normalized spacial score (nSPS) is 11.9. The highest BCUT2D eigenvalue weighted by Gasteiger charge is 2.13. The number of hydrogen-bond acceptors (Lipinski definition) is 5. The number of methoxy groups -OCH3 is 2. The van der Waals surface area contributed by atoms with E-state index in [2.05, 4.69) is 0 Å². The molecule has 0 radical (unpaired) electrons. The molecule has 0 aliphatic carbocycles. The molecule has 1 unspecified atom stereocenters. The van der Waals surface area contributed by atoms with E-state index in [1.807, 2.05) is 6.92 Å². The summed E-state index contributed by atoms with van der Waals surface area (Å²) in [6.07, 6.45) is 0.467. The Morgan fingerprint density at radius 2 is 2.11 bits per heavy atom. The molecule has 1 atom stereocenters. The molecule has 5 heteroatoms. The first kappa shape index (κ1) is 14.3. The lowest BCUT2D eigenvalue weighted by molar-refractivity contribution is 0.0267. The average Bonchev–Trinajstić information content (AvgIpc) is 2.36. The fourth-order valence-corrected chi connectivity index (χ4v) is 1.45. The summed E-state index contributed by atoms with van der Waals surface area (Å²) in [5, 5.41) is 0. The predicted molar refractivity (Wildman–Crippen MR) is 68.8 cm³/mol. The van der Waals surface area contributed by atoms with Gasteiger partial charge in [-0.2, -0.15) is 0 Å². The summed E-state index contributed by atoms with van der Waals surface area (Å²) in [5.74, 6) is 0.145. The first-order chi connectivity index (χ1) is 8.58. The number of hydrogen-bond donors (Lipinski definition) is 1. The standard InChI is InChI=1S/C13H19NO4/c1-9(6-7-16-2)18-13(15)10-4-5-12(17-3)11(14)8-10/h4-5,8-9H,6-7,14H2,1-3H3. The number of nitrogens with two attached hydrogens (primary N) is 1. The Morgan fingerprint density at radius 3 is 2.67 bits per heavy atom.